The number of methoxy groups -OCH3 is 1. The van der Waals surface area contributed by atoms with Gasteiger partial charge in [-0.05, 0) is 25.0 Å². The van der Waals surface area contributed by atoms with Gasteiger partial charge in [0.1, 0.15) is 0 Å². The van der Waals surface area contributed by atoms with Crippen molar-refractivity contribution in [1.29, 1.82) is 0 Å². The molecule has 0 spiro atoms. The molecule has 108 valence electrons. The first-order valence-corrected chi connectivity index (χ1v) is 6.61. The van der Waals surface area contributed by atoms with E-state index in [-0.39, 0.29) is 0 Å². The molecule has 0 aliphatic carbocycles. The van der Waals surface area contributed by atoms with Gasteiger partial charge in [0.15, 0.2) is 0 Å². The van der Waals surface area contributed by atoms with Gasteiger partial charge in [0.05, 0.1) is 31.1 Å². The molecule has 1 aromatic carbocycles. The largest absolute Gasteiger partial charge is 0.382 e. The van der Waals surface area contributed by atoms with Gasteiger partial charge in [0.2, 0.25) is 0 Å². The number of anilines is 1. The molecule has 1 aromatic rings. The number of nitrogens with zero attached hydrogens (tertiary/aromatic N) is 1. The van der Waals surface area contributed by atoms with Crippen molar-refractivity contribution < 1.29 is 19.1 Å². The molecule has 20 heavy (non-hydrogen) atoms. The molecule has 0 aromatic heterocycles. The summed E-state index contributed by atoms with van der Waals surface area (Å²) in [6.45, 7) is 5.51. The number of fused-ring (bicyclic) bond motifs is 1. The molecular weight excluding hydrogens is 258 g/mol. The zero-order chi connectivity index (χ0) is 14.7. The van der Waals surface area contributed by atoms with Crippen molar-refractivity contribution in [3.63, 3.8) is 0 Å². The summed E-state index contributed by atoms with van der Waals surface area (Å²) in [7, 11) is 1.61. The van der Waals surface area contributed by atoms with E-state index in [1.165, 1.54) is 4.90 Å². The number of Topliss-reactive ketones (excluding diaryl/α,β-unsaturated/α-hetero) is 1. The Hall–Kier alpha value is -1.72. The highest BCUT2D eigenvalue weighted by atomic mass is 16.5. The van der Waals surface area contributed by atoms with Crippen LogP contribution in [0.4, 0.5) is 5.69 Å². The quantitative estimate of drug-likeness (QED) is 0.584. The maximum Gasteiger partial charge on any atom is 0.299 e. The monoisotopic (exact) mass is 277 g/mol. The highest BCUT2D eigenvalue weighted by molar-refractivity contribution is 6.52. The minimum atomic E-state index is -0.465. The number of rotatable bonds is 6. The molecule has 0 saturated carbocycles. The van der Waals surface area contributed by atoms with Crippen LogP contribution in [0.15, 0.2) is 12.1 Å². The number of carbonyl (C=O) groups is 2. The third-order valence-corrected chi connectivity index (χ3v) is 3.42. The first kappa shape index (κ1) is 14.7. The molecule has 1 heterocycles. The second-order valence-corrected chi connectivity index (χ2v) is 4.81. The fourth-order valence-corrected chi connectivity index (χ4v) is 2.38. The molecule has 1 aliphatic rings. The Balaban J connectivity index is 2.14. The van der Waals surface area contributed by atoms with E-state index < -0.39 is 11.7 Å². The van der Waals surface area contributed by atoms with Gasteiger partial charge in [-0.15, -0.1) is 0 Å². The average Bonchev–Trinajstić information content (AvgIpc) is 2.68. The average molecular weight is 277 g/mol. The van der Waals surface area contributed by atoms with Crippen LogP contribution in [0.5, 0.6) is 0 Å². The smallest absolute Gasteiger partial charge is 0.299 e. The second kappa shape index (κ2) is 6.15. The summed E-state index contributed by atoms with van der Waals surface area (Å²) in [6, 6.07) is 3.80. The summed E-state index contributed by atoms with van der Waals surface area (Å²) in [5.74, 6) is -0.883. The maximum atomic E-state index is 12.1. The van der Waals surface area contributed by atoms with Crippen LogP contribution in [-0.4, -0.2) is 45.2 Å². The van der Waals surface area contributed by atoms with Gasteiger partial charge in [-0.25, -0.2) is 0 Å². The lowest BCUT2D eigenvalue weighted by molar-refractivity contribution is -0.114. The van der Waals surface area contributed by atoms with Crippen LogP contribution in [0.25, 0.3) is 0 Å². The van der Waals surface area contributed by atoms with Crippen LogP contribution in [0.3, 0.4) is 0 Å². The molecule has 1 aliphatic heterocycles. The summed E-state index contributed by atoms with van der Waals surface area (Å²) in [5, 5.41) is 0. The van der Waals surface area contributed by atoms with Crippen molar-refractivity contribution in [2.45, 2.75) is 13.8 Å². The Morgan fingerprint density at radius 3 is 2.45 bits per heavy atom. The van der Waals surface area contributed by atoms with E-state index in [1.54, 1.807) is 7.11 Å². The van der Waals surface area contributed by atoms with Crippen LogP contribution in [-0.2, 0) is 14.3 Å². The maximum absolute atomic E-state index is 12.1. The summed E-state index contributed by atoms with van der Waals surface area (Å²) in [6.07, 6.45) is 0. The first-order chi connectivity index (χ1) is 9.57. The third-order valence-electron chi connectivity index (χ3n) is 3.42. The molecule has 0 atom stereocenters. The van der Waals surface area contributed by atoms with Crippen LogP contribution in [0.1, 0.15) is 21.5 Å². The summed E-state index contributed by atoms with van der Waals surface area (Å²) in [5.41, 5.74) is 3.04. The molecule has 0 fully saturated rings. The number of carbonyl (C=O) groups excluding carboxylic acids is 2. The molecule has 0 saturated heterocycles. The lowest BCUT2D eigenvalue weighted by Crippen LogP contribution is -2.33. The standard InChI is InChI=1S/C15H19NO4/c1-10-4-5-11(2)13-12(10)14(17)15(18)16(13)6-7-20-9-8-19-3/h4-5H,6-9H2,1-3H3. The van der Waals surface area contributed by atoms with Gasteiger partial charge in [0.25, 0.3) is 11.7 Å². The van der Waals surface area contributed by atoms with Gasteiger partial charge < -0.3 is 14.4 Å². The highest BCUT2D eigenvalue weighted by Gasteiger charge is 2.37. The number of aryl methyl sites for hydroxylation is 2. The Morgan fingerprint density at radius 1 is 1.05 bits per heavy atom. The molecule has 1 amide bonds. The molecule has 5 nitrogen and oxygen atoms in total. The molecule has 0 bridgehead atoms. The van der Waals surface area contributed by atoms with Crippen LogP contribution in [0.2, 0.25) is 0 Å². The number of ether oxygens (including phenoxy) is 2. The third kappa shape index (κ3) is 2.59. The van der Waals surface area contributed by atoms with Crippen LogP contribution < -0.4 is 4.90 Å². The van der Waals surface area contributed by atoms with Crippen LogP contribution in [0, 0.1) is 13.8 Å². The van der Waals surface area contributed by atoms with Crippen molar-refractivity contribution in [2.24, 2.45) is 0 Å². The SMILES string of the molecule is COCCOCCN1C(=O)C(=O)c2c(C)ccc(C)c21. The predicted octanol–water partition coefficient (Wildman–Crippen LogP) is 1.50. The normalized spacial score (nSPS) is 14.1. The summed E-state index contributed by atoms with van der Waals surface area (Å²) < 4.78 is 10.3. The zero-order valence-electron chi connectivity index (χ0n) is 12.1. The molecule has 0 unspecified atom stereocenters. The zero-order valence-corrected chi connectivity index (χ0v) is 12.1. The topological polar surface area (TPSA) is 55.8 Å². The summed E-state index contributed by atoms with van der Waals surface area (Å²) >= 11 is 0. The fourth-order valence-electron chi connectivity index (χ4n) is 2.38. The van der Waals surface area contributed by atoms with E-state index in [2.05, 4.69) is 0 Å². The van der Waals surface area contributed by atoms with E-state index in [0.717, 1.165) is 16.8 Å². The van der Waals surface area contributed by atoms with Gasteiger partial charge in [-0.2, -0.15) is 0 Å². The Labute approximate surface area is 118 Å². The Morgan fingerprint density at radius 2 is 1.75 bits per heavy atom. The van der Waals surface area contributed by atoms with Gasteiger partial charge in [0, 0.05) is 13.7 Å². The number of hydrogen-bond donors (Lipinski definition) is 0. The van der Waals surface area contributed by atoms with E-state index in [4.69, 9.17) is 9.47 Å². The van der Waals surface area contributed by atoms with Gasteiger partial charge in [-0.3, -0.25) is 9.59 Å². The lowest BCUT2D eigenvalue weighted by Gasteiger charge is -2.18. The Kier molecular flexibility index (Phi) is 4.52. The van der Waals surface area contributed by atoms with E-state index >= 15 is 0 Å². The van der Waals surface area contributed by atoms with Crippen molar-refractivity contribution in [2.75, 3.05) is 38.4 Å². The number of amides is 1. The fraction of sp³-hybridized carbons (Fsp3) is 0.467. The Bertz CT molecular complexity index is 539. The minimum absolute atomic E-state index is 0.381. The van der Waals surface area contributed by atoms with Crippen molar-refractivity contribution in [1.82, 2.24) is 0 Å². The number of ketones is 1. The predicted molar refractivity (Wildman–Crippen MR) is 75.3 cm³/mol. The van der Waals surface area contributed by atoms with Gasteiger partial charge >= 0.3 is 0 Å². The molecule has 0 radical (unpaired) electrons. The number of hydrogen-bond acceptors (Lipinski definition) is 4. The molecule has 2 rings (SSSR count). The van der Waals surface area contributed by atoms with E-state index in [9.17, 15) is 9.59 Å². The van der Waals surface area contributed by atoms with Gasteiger partial charge in [-0.1, -0.05) is 12.1 Å². The first-order valence-electron chi connectivity index (χ1n) is 6.61. The summed E-state index contributed by atoms with van der Waals surface area (Å²) in [4.78, 5) is 25.7. The minimum Gasteiger partial charge on any atom is -0.382 e. The molecule has 0 N–H and O–H groups in total. The van der Waals surface area contributed by atoms with Crippen molar-refractivity contribution >= 4 is 17.4 Å². The van der Waals surface area contributed by atoms with Crippen LogP contribution >= 0.6 is 0 Å². The lowest BCUT2D eigenvalue weighted by atomic mass is 10.0. The highest BCUT2D eigenvalue weighted by Crippen LogP contribution is 2.34. The second-order valence-electron chi connectivity index (χ2n) is 4.81. The van der Waals surface area contributed by atoms with E-state index in [0.29, 0.717) is 31.9 Å². The molecular formula is C15H19NO4. The van der Waals surface area contributed by atoms with E-state index in [1.807, 2.05) is 26.0 Å². The molecule has 5 heteroatoms. The van der Waals surface area contributed by atoms with Crippen molar-refractivity contribution in [3.05, 3.63) is 28.8 Å². The van der Waals surface area contributed by atoms with Crippen molar-refractivity contribution in [3.8, 4) is 0 Å². The number of benzene rings is 1.